The average Bonchev–Trinajstić information content (AvgIpc) is 2.97. The second kappa shape index (κ2) is 8.06. The van der Waals surface area contributed by atoms with Gasteiger partial charge in [0.2, 0.25) is 0 Å². The summed E-state index contributed by atoms with van der Waals surface area (Å²) >= 11 is 7.91. The minimum atomic E-state index is -0.0109. The highest BCUT2D eigenvalue weighted by molar-refractivity contribution is 7.15. The predicted octanol–water partition coefficient (Wildman–Crippen LogP) is 3.29. The quantitative estimate of drug-likeness (QED) is 0.719. The van der Waals surface area contributed by atoms with E-state index in [-0.39, 0.29) is 24.0 Å². The molecule has 3 heterocycles. The van der Waals surface area contributed by atoms with E-state index in [0.29, 0.717) is 6.54 Å². The Morgan fingerprint density at radius 1 is 1.38 bits per heavy atom. The summed E-state index contributed by atoms with van der Waals surface area (Å²) in [5.41, 5.74) is 2.84. The monoisotopic (exact) mass is 410 g/mol. The lowest BCUT2D eigenvalue weighted by atomic mass is 10.0. The first kappa shape index (κ1) is 19.3. The average molecular weight is 411 g/mol. The Morgan fingerprint density at radius 2 is 2.19 bits per heavy atom. The molecule has 1 unspecified atom stereocenters. The highest BCUT2D eigenvalue weighted by Crippen LogP contribution is 2.29. The highest BCUT2D eigenvalue weighted by Gasteiger charge is 2.26. The van der Waals surface area contributed by atoms with Crippen molar-refractivity contribution < 1.29 is 0 Å². The maximum atomic E-state index is 12.4. The van der Waals surface area contributed by atoms with Gasteiger partial charge in [0.25, 0.3) is 5.56 Å². The maximum Gasteiger partial charge on any atom is 0.259 e. The number of piperazine rings is 1. The van der Waals surface area contributed by atoms with E-state index in [4.69, 9.17) is 11.6 Å². The van der Waals surface area contributed by atoms with Crippen molar-refractivity contribution in [3.63, 3.8) is 0 Å². The molecule has 1 aliphatic heterocycles. The topological polar surface area (TPSA) is 49.6 Å². The Labute approximate surface area is 167 Å². The van der Waals surface area contributed by atoms with E-state index >= 15 is 0 Å². The molecule has 1 aliphatic rings. The second-order valence-electron chi connectivity index (χ2n) is 6.29. The van der Waals surface area contributed by atoms with E-state index in [1.165, 1.54) is 11.3 Å². The first-order valence-electron chi connectivity index (χ1n) is 8.29. The van der Waals surface area contributed by atoms with Crippen molar-refractivity contribution >= 4 is 40.3 Å². The van der Waals surface area contributed by atoms with Crippen LogP contribution in [0.4, 0.5) is 0 Å². The molecule has 0 radical (unpaired) electrons. The van der Waals surface area contributed by atoms with E-state index in [1.807, 2.05) is 30.5 Å². The van der Waals surface area contributed by atoms with Crippen LogP contribution in [0.2, 0.25) is 5.02 Å². The van der Waals surface area contributed by atoms with Gasteiger partial charge in [0.05, 0.1) is 5.69 Å². The lowest BCUT2D eigenvalue weighted by Crippen LogP contribution is -2.45. The smallest absolute Gasteiger partial charge is 0.259 e. The van der Waals surface area contributed by atoms with E-state index < -0.39 is 0 Å². The number of hydrogen-bond acceptors (Lipinski definition) is 5. The van der Waals surface area contributed by atoms with Crippen molar-refractivity contribution in [1.82, 2.24) is 19.6 Å². The van der Waals surface area contributed by atoms with Gasteiger partial charge in [0.1, 0.15) is 0 Å². The molecular weight excluding hydrogens is 391 g/mol. The van der Waals surface area contributed by atoms with E-state index in [2.05, 4.69) is 21.3 Å². The largest absolute Gasteiger partial charge is 0.314 e. The van der Waals surface area contributed by atoms with Gasteiger partial charge in [0, 0.05) is 54.4 Å². The lowest BCUT2D eigenvalue weighted by molar-refractivity contribution is 0.152. The molecule has 3 aromatic rings. The summed E-state index contributed by atoms with van der Waals surface area (Å²) in [7, 11) is 0. The van der Waals surface area contributed by atoms with Crippen LogP contribution in [-0.2, 0) is 6.54 Å². The number of thiazole rings is 1. The van der Waals surface area contributed by atoms with Crippen LogP contribution in [0.3, 0.4) is 0 Å². The number of aryl methyl sites for hydroxylation is 1. The zero-order chi connectivity index (χ0) is 17.4. The predicted molar refractivity (Wildman–Crippen MR) is 109 cm³/mol. The number of hydrogen-bond donors (Lipinski definition) is 1. The molecule has 0 amide bonds. The van der Waals surface area contributed by atoms with Gasteiger partial charge in [-0.3, -0.25) is 14.1 Å². The molecule has 1 aromatic carbocycles. The normalized spacial score (nSPS) is 18.0. The highest BCUT2D eigenvalue weighted by atomic mass is 35.5. The minimum absolute atomic E-state index is 0. The molecule has 1 atom stereocenters. The number of fused-ring (bicyclic) bond motifs is 1. The van der Waals surface area contributed by atoms with Crippen LogP contribution in [0.5, 0.6) is 0 Å². The molecule has 2 aromatic heterocycles. The fourth-order valence-electron chi connectivity index (χ4n) is 3.38. The molecule has 0 aliphatic carbocycles. The van der Waals surface area contributed by atoms with Gasteiger partial charge in [-0.05, 0) is 18.6 Å². The Bertz CT molecular complexity index is 971. The number of benzene rings is 1. The van der Waals surface area contributed by atoms with Crippen LogP contribution in [-0.4, -0.2) is 33.9 Å². The van der Waals surface area contributed by atoms with Crippen molar-refractivity contribution in [1.29, 1.82) is 0 Å². The van der Waals surface area contributed by atoms with Crippen LogP contribution in [0.1, 0.15) is 23.0 Å². The van der Waals surface area contributed by atoms with Crippen molar-refractivity contribution in [3.05, 3.63) is 68.0 Å². The van der Waals surface area contributed by atoms with Gasteiger partial charge in [-0.2, -0.15) is 0 Å². The fourth-order valence-corrected chi connectivity index (χ4v) is 4.53. The van der Waals surface area contributed by atoms with Gasteiger partial charge in [-0.1, -0.05) is 29.8 Å². The molecule has 1 N–H and O–H groups in total. The summed E-state index contributed by atoms with van der Waals surface area (Å²) < 4.78 is 1.66. The fraction of sp³-hybridized carbons (Fsp3) is 0.333. The van der Waals surface area contributed by atoms with Crippen LogP contribution < -0.4 is 10.9 Å². The minimum Gasteiger partial charge on any atom is -0.314 e. The standard InChI is InChI=1S/C18H19ClN4OS.ClH/c1-12-11-25-18-21-13(8-17(24)23(12)18)10-22-7-6-20-9-16(22)14-4-2-3-5-15(14)19;/h2-5,8,11,16,20H,6-7,9-10H2,1H3;1H. The molecule has 8 heteroatoms. The molecule has 138 valence electrons. The molecular formula is C18H20Cl2N4OS. The second-order valence-corrected chi connectivity index (χ2v) is 7.54. The van der Waals surface area contributed by atoms with Gasteiger partial charge < -0.3 is 5.32 Å². The maximum absolute atomic E-state index is 12.4. The summed E-state index contributed by atoms with van der Waals surface area (Å²) in [6.07, 6.45) is 0. The third kappa shape index (κ3) is 3.66. The Kier molecular flexibility index (Phi) is 5.99. The van der Waals surface area contributed by atoms with Crippen molar-refractivity contribution in [2.75, 3.05) is 19.6 Å². The summed E-state index contributed by atoms with van der Waals surface area (Å²) in [6, 6.07) is 9.78. The summed E-state index contributed by atoms with van der Waals surface area (Å²) in [4.78, 5) is 20.2. The molecule has 26 heavy (non-hydrogen) atoms. The third-order valence-electron chi connectivity index (χ3n) is 4.61. The molecule has 1 saturated heterocycles. The van der Waals surface area contributed by atoms with Gasteiger partial charge in [-0.25, -0.2) is 4.98 Å². The number of halogens is 2. The van der Waals surface area contributed by atoms with Crippen molar-refractivity contribution in [3.8, 4) is 0 Å². The molecule has 4 rings (SSSR count). The van der Waals surface area contributed by atoms with Crippen LogP contribution in [0.15, 0.2) is 40.5 Å². The number of nitrogens with one attached hydrogen (secondary N) is 1. The number of aromatic nitrogens is 2. The van der Waals surface area contributed by atoms with Crippen molar-refractivity contribution in [2.45, 2.75) is 19.5 Å². The van der Waals surface area contributed by atoms with E-state index in [1.54, 1.807) is 10.5 Å². The Hall–Kier alpha value is -1.44. The van der Waals surface area contributed by atoms with E-state index in [0.717, 1.165) is 46.6 Å². The summed E-state index contributed by atoms with van der Waals surface area (Å²) in [5, 5.41) is 6.18. The van der Waals surface area contributed by atoms with E-state index in [9.17, 15) is 4.79 Å². The third-order valence-corrected chi connectivity index (χ3v) is 5.90. The van der Waals surface area contributed by atoms with Crippen LogP contribution in [0, 0.1) is 6.92 Å². The molecule has 0 spiro atoms. The first-order valence-corrected chi connectivity index (χ1v) is 9.55. The molecule has 5 nitrogen and oxygen atoms in total. The number of nitrogens with zero attached hydrogens (tertiary/aromatic N) is 3. The zero-order valence-electron chi connectivity index (χ0n) is 14.3. The lowest BCUT2D eigenvalue weighted by Gasteiger charge is -2.36. The Morgan fingerprint density at radius 3 is 3.00 bits per heavy atom. The van der Waals surface area contributed by atoms with Gasteiger partial charge >= 0.3 is 0 Å². The molecule has 0 bridgehead atoms. The van der Waals surface area contributed by atoms with Crippen LogP contribution >= 0.6 is 35.3 Å². The Balaban J connectivity index is 0.00000196. The molecule has 0 saturated carbocycles. The molecule has 1 fully saturated rings. The van der Waals surface area contributed by atoms with Gasteiger partial charge in [-0.15, -0.1) is 23.7 Å². The summed E-state index contributed by atoms with van der Waals surface area (Å²) in [5.74, 6) is 0. The summed E-state index contributed by atoms with van der Waals surface area (Å²) in [6.45, 7) is 5.21. The van der Waals surface area contributed by atoms with Crippen LogP contribution in [0.25, 0.3) is 4.96 Å². The van der Waals surface area contributed by atoms with Gasteiger partial charge in [0.15, 0.2) is 4.96 Å². The van der Waals surface area contributed by atoms with Crippen molar-refractivity contribution in [2.24, 2.45) is 0 Å². The zero-order valence-corrected chi connectivity index (χ0v) is 16.7. The number of rotatable bonds is 3. The SMILES string of the molecule is Cc1csc2nc(CN3CCNCC3c3ccccc3Cl)cc(=O)n12.Cl. The first-order chi connectivity index (χ1) is 12.1.